The minimum absolute atomic E-state index is 0.00554. The molecular weight excluding hydrogens is 384 g/mol. The molecule has 4 rings (SSSR count). The first-order valence-corrected chi connectivity index (χ1v) is 10.4. The van der Waals surface area contributed by atoms with E-state index in [9.17, 15) is 9.90 Å². The van der Waals surface area contributed by atoms with Crippen LogP contribution in [0.1, 0.15) is 18.9 Å². The lowest BCUT2D eigenvalue weighted by molar-refractivity contribution is -0.142. The Bertz CT molecular complexity index is 860. The molecule has 2 aliphatic rings. The van der Waals surface area contributed by atoms with Crippen LogP contribution in [0.25, 0.3) is 0 Å². The van der Waals surface area contributed by atoms with E-state index < -0.39 is 6.23 Å². The number of nitrogens with zero attached hydrogens (tertiary/aromatic N) is 1. The van der Waals surface area contributed by atoms with Crippen molar-refractivity contribution in [2.75, 3.05) is 26.5 Å². The quantitative estimate of drug-likeness (QED) is 0.726. The summed E-state index contributed by atoms with van der Waals surface area (Å²) in [5.41, 5.74) is 1.09. The molecule has 3 atom stereocenters. The van der Waals surface area contributed by atoms with E-state index in [0.717, 1.165) is 22.8 Å². The number of para-hydroxylation sites is 1. The van der Waals surface area contributed by atoms with Crippen molar-refractivity contribution in [2.24, 2.45) is 5.92 Å². The Morgan fingerprint density at radius 3 is 2.87 bits per heavy atom. The van der Waals surface area contributed by atoms with Gasteiger partial charge in [-0.1, -0.05) is 31.2 Å². The Kier molecular flexibility index (Phi) is 6.40. The van der Waals surface area contributed by atoms with Crippen LogP contribution in [-0.4, -0.2) is 54.7 Å². The normalized spacial score (nSPS) is 21.3. The Balaban J connectivity index is 1.38. The molecule has 7 heteroatoms. The number of aliphatic hydroxyl groups excluding tert-OH is 1. The number of carbonyl (C=O) groups is 1. The molecule has 2 aliphatic heterocycles. The second-order valence-electron chi connectivity index (χ2n) is 7.76. The van der Waals surface area contributed by atoms with E-state index in [0.29, 0.717) is 26.1 Å². The monoisotopic (exact) mass is 412 g/mol. The zero-order valence-electron chi connectivity index (χ0n) is 17.1. The molecular formula is C23H28N2O5. The summed E-state index contributed by atoms with van der Waals surface area (Å²) in [6.07, 6.45) is 0.223. The number of aliphatic hydroxyl groups is 1. The van der Waals surface area contributed by atoms with Gasteiger partial charge in [0.15, 0.2) is 11.5 Å². The van der Waals surface area contributed by atoms with Crippen molar-refractivity contribution in [3.8, 4) is 17.2 Å². The molecule has 0 aliphatic carbocycles. The van der Waals surface area contributed by atoms with Crippen LogP contribution in [0.5, 0.6) is 17.2 Å². The fraction of sp³-hybridized carbons (Fsp3) is 0.435. The first kappa shape index (κ1) is 20.5. The number of rotatable bonds is 7. The summed E-state index contributed by atoms with van der Waals surface area (Å²) in [5.74, 6) is 2.29. The molecule has 2 aromatic carbocycles. The number of ether oxygens (including phenoxy) is 3. The predicted octanol–water partition coefficient (Wildman–Crippen LogP) is 2.18. The van der Waals surface area contributed by atoms with Gasteiger partial charge in [0.2, 0.25) is 12.7 Å². The van der Waals surface area contributed by atoms with Crippen LogP contribution in [0.15, 0.2) is 48.5 Å². The number of carbonyl (C=O) groups excluding carboxylic acids is 1. The van der Waals surface area contributed by atoms with Crippen molar-refractivity contribution >= 4 is 5.91 Å². The number of hydrogen-bond acceptors (Lipinski definition) is 6. The maximum Gasteiger partial charge on any atom is 0.231 e. The van der Waals surface area contributed by atoms with Gasteiger partial charge in [-0.15, -0.1) is 0 Å². The van der Waals surface area contributed by atoms with Gasteiger partial charge in [-0.2, -0.15) is 0 Å². The summed E-state index contributed by atoms with van der Waals surface area (Å²) < 4.78 is 16.5. The van der Waals surface area contributed by atoms with Crippen molar-refractivity contribution in [3.63, 3.8) is 0 Å². The van der Waals surface area contributed by atoms with E-state index in [1.807, 2.05) is 48.5 Å². The Labute approximate surface area is 176 Å². The molecule has 1 saturated heterocycles. The first-order chi connectivity index (χ1) is 14.6. The molecule has 0 bridgehead atoms. The molecule has 0 saturated carbocycles. The lowest BCUT2D eigenvalue weighted by atomic mass is 9.90. The van der Waals surface area contributed by atoms with E-state index in [1.165, 1.54) is 0 Å². The largest absolute Gasteiger partial charge is 0.493 e. The van der Waals surface area contributed by atoms with Gasteiger partial charge in [0.05, 0.1) is 19.1 Å². The zero-order chi connectivity index (χ0) is 20.9. The van der Waals surface area contributed by atoms with Crippen molar-refractivity contribution < 1.29 is 24.1 Å². The van der Waals surface area contributed by atoms with Crippen LogP contribution in [0.2, 0.25) is 0 Å². The van der Waals surface area contributed by atoms with Gasteiger partial charge in [-0.05, 0) is 42.2 Å². The highest BCUT2D eigenvalue weighted by Crippen LogP contribution is 2.33. The highest BCUT2D eigenvalue weighted by atomic mass is 16.7. The highest BCUT2D eigenvalue weighted by Gasteiger charge is 2.36. The second-order valence-corrected chi connectivity index (χ2v) is 7.76. The molecule has 0 radical (unpaired) electrons. The van der Waals surface area contributed by atoms with Crippen molar-refractivity contribution in [1.82, 2.24) is 10.2 Å². The molecule has 30 heavy (non-hydrogen) atoms. The van der Waals surface area contributed by atoms with Gasteiger partial charge in [0, 0.05) is 13.1 Å². The van der Waals surface area contributed by atoms with Crippen LogP contribution in [0.3, 0.4) is 0 Å². The third kappa shape index (κ3) is 4.68. The van der Waals surface area contributed by atoms with Crippen LogP contribution in [-0.2, 0) is 11.2 Å². The number of benzene rings is 2. The fourth-order valence-corrected chi connectivity index (χ4v) is 4.16. The number of nitrogens with one attached hydrogen (secondary N) is 1. The molecule has 2 N–H and O–H groups in total. The molecule has 2 heterocycles. The minimum atomic E-state index is -0.762. The van der Waals surface area contributed by atoms with E-state index in [2.05, 4.69) is 12.2 Å². The first-order valence-electron chi connectivity index (χ1n) is 10.4. The number of hydrogen-bond donors (Lipinski definition) is 2. The lowest BCUT2D eigenvalue weighted by Gasteiger charge is -2.43. The summed E-state index contributed by atoms with van der Waals surface area (Å²) >= 11 is 0. The summed E-state index contributed by atoms with van der Waals surface area (Å²) in [4.78, 5) is 14.7. The third-order valence-electron chi connectivity index (χ3n) is 5.62. The minimum Gasteiger partial charge on any atom is -0.493 e. The maximum absolute atomic E-state index is 12.9. The Morgan fingerprint density at radius 2 is 2.03 bits per heavy atom. The van der Waals surface area contributed by atoms with Crippen molar-refractivity contribution in [1.29, 1.82) is 0 Å². The number of fused-ring (bicyclic) bond motifs is 1. The fourth-order valence-electron chi connectivity index (χ4n) is 4.16. The van der Waals surface area contributed by atoms with Crippen molar-refractivity contribution in [2.45, 2.75) is 32.0 Å². The van der Waals surface area contributed by atoms with Gasteiger partial charge in [-0.25, -0.2) is 0 Å². The standard InChI is InChI=1S/C23H28N2O5/c1-16(13-17-7-8-19-20(14-17)30-15-29-19)22-23(27)24-10-11-25(22)21(26)9-12-28-18-5-3-2-4-6-18/h2-8,14,16,22-24,27H,9-13,15H2,1H3. The number of piperazine rings is 1. The number of amides is 1. The van der Waals surface area contributed by atoms with Crippen LogP contribution in [0.4, 0.5) is 0 Å². The zero-order valence-corrected chi connectivity index (χ0v) is 17.1. The Morgan fingerprint density at radius 1 is 1.23 bits per heavy atom. The summed E-state index contributed by atoms with van der Waals surface area (Å²) in [6.45, 7) is 3.75. The molecule has 160 valence electrons. The molecule has 3 unspecified atom stereocenters. The third-order valence-corrected chi connectivity index (χ3v) is 5.62. The highest BCUT2D eigenvalue weighted by molar-refractivity contribution is 5.77. The van der Waals surface area contributed by atoms with Gasteiger partial charge >= 0.3 is 0 Å². The average Bonchev–Trinajstić information content (AvgIpc) is 3.22. The lowest BCUT2D eigenvalue weighted by Crippen LogP contribution is -2.62. The van der Waals surface area contributed by atoms with E-state index in [-0.39, 0.29) is 31.1 Å². The molecule has 7 nitrogen and oxygen atoms in total. The smallest absolute Gasteiger partial charge is 0.231 e. The average molecular weight is 412 g/mol. The van der Waals surface area contributed by atoms with Gasteiger partial charge in [0.25, 0.3) is 0 Å². The summed E-state index contributed by atoms with van der Waals surface area (Å²) in [5, 5.41) is 13.7. The van der Waals surface area contributed by atoms with E-state index >= 15 is 0 Å². The Hall–Kier alpha value is -2.77. The molecule has 2 aromatic rings. The van der Waals surface area contributed by atoms with Gasteiger partial charge in [0.1, 0.15) is 12.0 Å². The molecule has 1 amide bonds. The van der Waals surface area contributed by atoms with Crippen LogP contribution in [0, 0.1) is 5.92 Å². The van der Waals surface area contributed by atoms with Gasteiger partial charge < -0.3 is 24.2 Å². The molecule has 0 spiro atoms. The SMILES string of the molecule is CC(Cc1ccc2c(c1)OCO2)C1C(O)NCCN1C(=O)CCOc1ccccc1. The van der Waals surface area contributed by atoms with Crippen LogP contribution < -0.4 is 19.5 Å². The van der Waals surface area contributed by atoms with Crippen molar-refractivity contribution in [3.05, 3.63) is 54.1 Å². The molecule has 0 aromatic heterocycles. The van der Waals surface area contributed by atoms with E-state index in [1.54, 1.807) is 4.90 Å². The van der Waals surface area contributed by atoms with Gasteiger partial charge in [-0.3, -0.25) is 10.1 Å². The summed E-state index contributed by atoms with van der Waals surface area (Å²) in [7, 11) is 0. The maximum atomic E-state index is 12.9. The second kappa shape index (κ2) is 9.36. The van der Waals surface area contributed by atoms with Crippen LogP contribution >= 0.6 is 0 Å². The molecule has 1 fully saturated rings. The topological polar surface area (TPSA) is 80.3 Å². The predicted molar refractivity (Wildman–Crippen MR) is 111 cm³/mol. The summed E-state index contributed by atoms with van der Waals surface area (Å²) in [6, 6.07) is 15.0. The van der Waals surface area contributed by atoms with E-state index in [4.69, 9.17) is 14.2 Å².